The molecule has 110 valence electrons. The third-order valence-corrected chi connectivity index (χ3v) is 3.51. The van der Waals surface area contributed by atoms with Crippen LogP contribution in [0.15, 0.2) is 35.7 Å². The Kier molecular flexibility index (Phi) is 4.02. The first-order valence-corrected chi connectivity index (χ1v) is 6.52. The summed E-state index contributed by atoms with van der Waals surface area (Å²) in [5.41, 5.74) is 6.26. The number of hydrogen-bond acceptors (Lipinski definition) is 5. The van der Waals surface area contributed by atoms with E-state index >= 15 is 0 Å². The molecule has 0 aliphatic carbocycles. The summed E-state index contributed by atoms with van der Waals surface area (Å²) in [7, 11) is 0. The molecule has 2 rings (SSSR count). The zero-order valence-corrected chi connectivity index (χ0v) is 11.9. The number of nitrogens with two attached hydrogens (primary N) is 1. The van der Waals surface area contributed by atoms with Crippen molar-refractivity contribution in [2.75, 3.05) is 0 Å². The van der Waals surface area contributed by atoms with E-state index in [0.29, 0.717) is 23.0 Å². The number of amides is 1. The molecule has 0 fully saturated rings. The average Bonchev–Trinajstić information content (AvgIpc) is 2.53. The van der Waals surface area contributed by atoms with Crippen molar-refractivity contribution >= 4 is 22.8 Å². The fourth-order valence-electron chi connectivity index (χ4n) is 1.94. The largest absolute Gasteiger partial charge is 0.409 e. The van der Waals surface area contributed by atoms with Crippen LogP contribution in [0.2, 0.25) is 0 Å². The van der Waals surface area contributed by atoms with Crippen molar-refractivity contribution in [3.05, 3.63) is 36.2 Å². The molecule has 0 radical (unpaired) electrons. The van der Waals surface area contributed by atoms with E-state index in [1.165, 1.54) is 6.20 Å². The number of nitrogens with one attached hydrogen (secondary N) is 1. The normalized spacial score (nSPS) is 14.7. The third kappa shape index (κ3) is 2.76. The number of carbonyl (C=O) groups is 1. The molecule has 0 bridgehead atoms. The highest BCUT2D eigenvalue weighted by Gasteiger charge is 2.30. The van der Waals surface area contributed by atoms with E-state index in [1.807, 2.05) is 6.92 Å². The Morgan fingerprint density at radius 2 is 2.14 bits per heavy atom. The Labute approximate surface area is 121 Å². The summed E-state index contributed by atoms with van der Waals surface area (Å²) in [6.45, 7) is 3.53. The monoisotopic (exact) mass is 287 g/mol. The number of hydrogen-bond donors (Lipinski definition) is 3. The van der Waals surface area contributed by atoms with Crippen LogP contribution in [-0.4, -0.2) is 32.5 Å². The van der Waals surface area contributed by atoms with Crippen molar-refractivity contribution in [1.82, 2.24) is 15.3 Å². The SMILES string of the molecule is CCC(C)(NC(=O)c1cccc2nccnc12)/C(N)=N/O. The zero-order chi connectivity index (χ0) is 15.5. The summed E-state index contributed by atoms with van der Waals surface area (Å²) >= 11 is 0. The second kappa shape index (κ2) is 5.74. The second-order valence-corrected chi connectivity index (χ2v) is 4.85. The number of carbonyl (C=O) groups excluding carboxylic acids is 1. The molecule has 0 aliphatic heterocycles. The van der Waals surface area contributed by atoms with Gasteiger partial charge in [-0.15, -0.1) is 0 Å². The molecule has 1 aromatic carbocycles. The molecule has 2 aromatic rings. The number of nitrogens with zero attached hydrogens (tertiary/aromatic N) is 3. The minimum absolute atomic E-state index is 0.0512. The van der Waals surface area contributed by atoms with E-state index in [-0.39, 0.29) is 11.7 Å². The standard InChI is InChI=1S/C14H17N5O2/c1-3-14(2,13(15)19-21)18-12(20)9-5-4-6-10-11(9)17-8-7-16-10/h4-8,21H,3H2,1-2H3,(H2,15,19)(H,18,20). The molecule has 0 saturated carbocycles. The van der Waals surface area contributed by atoms with Gasteiger partial charge in [0.1, 0.15) is 5.52 Å². The molecule has 0 spiro atoms. The van der Waals surface area contributed by atoms with Gasteiger partial charge < -0.3 is 16.3 Å². The highest BCUT2D eigenvalue weighted by atomic mass is 16.4. The summed E-state index contributed by atoms with van der Waals surface area (Å²) in [5.74, 6) is -0.401. The smallest absolute Gasteiger partial charge is 0.254 e. The number of rotatable bonds is 4. The van der Waals surface area contributed by atoms with Crippen LogP contribution in [0.1, 0.15) is 30.6 Å². The number of fused-ring (bicyclic) bond motifs is 1. The van der Waals surface area contributed by atoms with Gasteiger partial charge >= 0.3 is 0 Å². The fourth-order valence-corrected chi connectivity index (χ4v) is 1.94. The van der Waals surface area contributed by atoms with Crippen molar-refractivity contribution in [3.63, 3.8) is 0 Å². The van der Waals surface area contributed by atoms with Crippen molar-refractivity contribution in [1.29, 1.82) is 0 Å². The Morgan fingerprint density at radius 1 is 1.43 bits per heavy atom. The lowest BCUT2D eigenvalue weighted by atomic mass is 9.96. The molecule has 1 atom stereocenters. The van der Waals surface area contributed by atoms with Gasteiger partial charge in [0.2, 0.25) is 0 Å². The maximum atomic E-state index is 12.5. The van der Waals surface area contributed by atoms with Crippen LogP contribution in [0, 0.1) is 0 Å². The summed E-state index contributed by atoms with van der Waals surface area (Å²) in [6, 6.07) is 5.18. The first kappa shape index (κ1) is 14.7. The van der Waals surface area contributed by atoms with Crippen LogP contribution in [0.5, 0.6) is 0 Å². The molecular formula is C14H17N5O2. The van der Waals surface area contributed by atoms with Gasteiger partial charge in [-0.25, -0.2) is 0 Å². The maximum absolute atomic E-state index is 12.5. The number of aromatic nitrogens is 2. The van der Waals surface area contributed by atoms with Crippen molar-refractivity contribution < 1.29 is 10.0 Å². The Morgan fingerprint density at radius 3 is 2.81 bits per heavy atom. The molecule has 1 unspecified atom stereocenters. The van der Waals surface area contributed by atoms with E-state index < -0.39 is 5.54 Å². The van der Waals surface area contributed by atoms with E-state index in [9.17, 15) is 4.79 Å². The molecule has 21 heavy (non-hydrogen) atoms. The van der Waals surface area contributed by atoms with Crippen LogP contribution in [-0.2, 0) is 0 Å². The first-order chi connectivity index (χ1) is 10.0. The van der Waals surface area contributed by atoms with Crippen LogP contribution >= 0.6 is 0 Å². The topological polar surface area (TPSA) is 113 Å². The van der Waals surface area contributed by atoms with Crippen LogP contribution in [0.4, 0.5) is 0 Å². The van der Waals surface area contributed by atoms with Crippen LogP contribution in [0.25, 0.3) is 11.0 Å². The summed E-state index contributed by atoms with van der Waals surface area (Å²) in [4.78, 5) is 20.8. The van der Waals surface area contributed by atoms with E-state index in [1.54, 1.807) is 31.3 Å². The lowest BCUT2D eigenvalue weighted by Gasteiger charge is -2.28. The predicted octanol–water partition coefficient (Wildman–Crippen LogP) is 1.27. The fraction of sp³-hybridized carbons (Fsp3) is 0.286. The summed E-state index contributed by atoms with van der Waals surface area (Å²) < 4.78 is 0. The highest BCUT2D eigenvalue weighted by molar-refractivity contribution is 6.07. The van der Waals surface area contributed by atoms with Gasteiger partial charge in [-0.3, -0.25) is 14.8 Å². The molecule has 0 aliphatic rings. The molecular weight excluding hydrogens is 270 g/mol. The minimum atomic E-state index is -0.934. The summed E-state index contributed by atoms with van der Waals surface area (Å²) in [6.07, 6.45) is 3.57. The summed E-state index contributed by atoms with van der Waals surface area (Å²) in [5, 5.41) is 14.6. The van der Waals surface area contributed by atoms with E-state index in [0.717, 1.165) is 0 Å². The van der Waals surface area contributed by atoms with Gasteiger partial charge in [0.25, 0.3) is 5.91 Å². The van der Waals surface area contributed by atoms with Gasteiger partial charge in [-0.2, -0.15) is 0 Å². The van der Waals surface area contributed by atoms with Gasteiger partial charge in [0.05, 0.1) is 16.6 Å². The van der Waals surface area contributed by atoms with Gasteiger partial charge in [0.15, 0.2) is 5.84 Å². The zero-order valence-electron chi connectivity index (χ0n) is 11.9. The molecule has 0 saturated heterocycles. The molecule has 1 amide bonds. The van der Waals surface area contributed by atoms with Crippen LogP contribution in [0.3, 0.4) is 0 Å². The first-order valence-electron chi connectivity index (χ1n) is 6.52. The number of benzene rings is 1. The molecule has 7 nitrogen and oxygen atoms in total. The number of oxime groups is 1. The third-order valence-electron chi connectivity index (χ3n) is 3.51. The van der Waals surface area contributed by atoms with Crippen molar-refractivity contribution in [2.45, 2.75) is 25.8 Å². The van der Waals surface area contributed by atoms with Gasteiger partial charge in [-0.05, 0) is 25.5 Å². The van der Waals surface area contributed by atoms with Crippen molar-refractivity contribution in [2.24, 2.45) is 10.9 Å². The molecule has 4 N–H and O–H groups in total. The number of para-hydroxylation sites is 1. The quantitative estimate of drug-likeness (QED) is 0.339. The molecule has 7 heteroatoms. The predicted molar refractivity (Wildman–Crippen MR) is 79.1 cm³/mol. The highest BCUT2D eigenvalue weighted by Crippen LogP contribution is 2.16. The van der Waals surface area contributed by atoms with E-state index in [4.69, 9.17) is 10.9 Å². The Bertz CT molecular complexity index is 695. The maximum Gasteiger partial charge on any atom is 0.254 e. The van der Waals surface area contributed by atoms with E-state index in [2.05, 4.69) is 20.4 Å². The Balaban J connectivity index is 2.39. The van der Waals surface area contributed by atoms with Gasteiger partial charge in [-0.1, -0.05) is 18.1 Å². The van der Waals surface area contributed by atoms with Gasteiger partial charge in [0, 0.05) is 12.4 Å². The lowest BCUT2D eigenvalue weighted by Crippen LogP contribution is -2.55. The van der Waals surface area contributed by atoms with Crippen LogP contribution < -0.4 is 11.1 Å². The lowest BCUT2D eigenvalue weighted by molar-refractivity contribution is 0.0926. The number of amidine groups is 1. The van der Waals surface area contributed by atoms with Crippen molar-refractivity contribution in [3.8, 4) is 0 Å². The average molecular weight is 287 g/mol. The second-order valence-electron chi connectivity index (χ2n) is 4.85. The molecule has 1 heterocycles. The molecule has 1 aromatic heterocycles. The minimum Gasteiger partial charge on any atom is -0.409 e. The Hall–Kier alpha value is -2.70.